The van der Waals surface area contributed by atoms with Gasteiger partial charge in [0.05, 0.1) is 5.92 Å². The van der Waals surface area contributed by atoms with Crippen LogP contribution in [0.3, 0.4) is 0 Å². The van der Waals surface area contributed by atoms with E-state index in [-0.39, 0.29) is 11.6 Å². The van der Waals surface area contributed by atoms with Gasteiger partial charge in [0.1, 0.15) is 5.92 Å². The van der Waals surface area contributed by atoms with Crippen molar-refractivity contribution in [1.82, 2.24) is 0 Å². The first-order valence-electron chi connectivity index (χ1n) is 11.4. The van der Waals surface area contributed by atoms with Crippen LogP contribution in [0.2, 0.25) is 0 Å². The third-order valence-electron chi connectivity index (χ3n) is 5.59. The molecule has 0 aromatic heterocycles. The Bertz CT molecular complexity index is 992. The SMILES string of the molecule is CCCCCCC#CC(c1ccccc1)C(C(=O)c1ccccc1)C(=O)c1ccccc1. The molecule has 0 radical (unpaired) electrons. The number of hydrogen-bond acceptors (Lipinski definition) is 2. The summed E-state index contributed by atoms with van der Waals surface area (Å²) >= 11 is 0. The highest BCUT2D eigenvalue weighted by atomic mass is 16.2. The van der Waals surface area contributed by atoms with Crippen LogP contribution in [0, 0.1) is 17.8 Å². The molecule has 32 heavy (non-hydrogen) atoms. The highest BCUT2D eigenvalue weighted by molar-refractivity contribution is 6.17. The van der Waals surface area contributed by atoms with Gasteiger partial charge in [0.25, 0.3) is 0 Å². The van der Waals surface area contributed by atoms with Crippen molar-refractivity contribution in [2.24, 2.45) is 5.92 Å². The van der Waals surface area contributed by atoms with Gasteiger partial charge in [-0.25, -0.2) is 0 Å². The van der Waals surface area contributed by atoms with Crippen molar-refractivity contribution in [3.63, 3.8) is 0 Å². The maximum absolute atomic E-state index is 13.7. The van der Waals surface area contributed by atoms with Gasteiger partial charge in [-0.05, 0) is 12.0 Å². The number of ketones is 2. The van der Waals surface area contributed by atoms with Crippen LogP contribution in [0.4, 0.5) is 0 Å². The average Bonchev–Trinajstić information content (AvgIpc) is 2.86. The summed E-state index contributed by atoms with van der Waals surface area (Å²) in [5, 5.41) is 0. The summed E-state index contributed by atoms with van der Waals surface area (Å²) in [6.45, 7) is 2.19. The summed E-state index contributed by atoms with van der Waals surface area (Å²) in [4.78, 5) is 27.3. The molecule has 0 amide bonds. The zero-order valence-corrected chi connectivity index (χ0v) is 18.7. The molecule has 1 unspecified atom stereocenters. The maximum atomic E-state index is 13.7. The van der Waals surface area contributed by atoms with E-state index in [2.05, 4.69) is 18.8 Å². The first kappa shape index (κ1) is 23.2. The molecule has 3 aromatic carbocycles. The zero-order valence-electron chi connectivity index (χ0n) is 18.7. The molecule has 2 heteroatoms. The zero-order chi connectivity index (χ0) is 22.6. The van der Waals surface area contributed by atoms with E-state index in [0.717, 1.165) is 24.8 Å². The fourth-order valence-corrected chi connectivity index (χ4v) is 3.83. The first-order chi connectivity index (χ1) is 15.7. The van der Waals surface area contributed by atoms with Gasteiger partial charge in [-0.15, -0.1) is 5.92 Å². The van der Waals surface area contributed by atoms with Gasteiger partial charge in [0.15, 0.2) is 11.6 Å². The normalized spacial score (nSPS) is 11.4. The van der Waals surface area contributed by atoms with Crippen LogP contribution in [0.5, 0.6) is 0 Å². The molecule has 2 nitrogen and oxygen atoms in total. The molecule has 0 saturated heterocycles. The van der Waals surface area contributed by atoms with Crippen molar-refractivity contribution in [2.75, 3.05) is 0 Å². The molecule has 0 saturated carbocycles. The number of carbonyl (C=O) groups is 2. The number of carbonyl (C=O) groups excluding carboxylic acids is 2. The summed E-state index contributed by atoms with van der Waals surface area (Å²) in [6, 6.07) is 27.9. The van der Waals surface area contributed by atoms with E-state index in [9.17, 15) is 9.59 Å². The Balaban J connectivity index is 2.01. The molecule has 0 heterocycles. The molecule has 0 bridgehead atoms. The molecule has 3 aromatic rings. The summed E-state index contributed by atoms with van der Waals surface area (Å²) in [6.07, 6.45) is 5.34. The molecule has 0 N–H and O–H groups in total. The Morgan fingerprint density at radius 2 is 1.19 bits per heavy atom. The van der Waals surface area contributed by atoms with Gasteiger partial charge >= 0.3 is 0 Å². The summed E-state index contributed by atoms with van der Waals surface area (Å²) < 4.78 is 0. The van der Waals surface area contributed by atoms with Crippen molar-refractivity contribution in [2.45, 2.75) is 44.9 Å². The van der Waals surface area contributed by atoms with E-state index < -0.39 is 11.8 Å². The predicted octanol–water partition coefficient (Wildman–Crippen LogP) is 7.13. The van der Waals surface area contributed by atoms with Gasteiger partial charge in [0.2, 0.25) is 0 Å². The lowest BCUT2D eigenvalue weighted by Gasteiger charge is -2.22. The van der Waals surface area contributed by atoms with Crippen LogP contribution < -0.4 is 0 Å². The van der Waals surface area contributed by atoms with Crippen molar-refractivity contribution in [3.05, 3.63) is 108 Å². The summed E-state index contributed by atoms with van der Waals surface area (Å²) in [7, 11) is 0. The van der Waals surface area contributed by atoms with Crippen LogP contribution >= 0.6 is 0 Å². The van der Waals surface area contributed by atoms with Crippen LogP contribution in [0.1, 0.15) is 71.2 Å². The van der Waals surface area contributed by atoms with Crippen molar-refractivity contribution in [1.29, 1.82) is 0 Å². The van der Waals surface area contributed by atoms with Gasteiger partial charge in [-0.3, -0.25) is 9.59 Å². The Hall–Kier alpha value is -3.44. The second kappa shape index (κ2) is 12.4. The topological polar surface area (TPSA) is 34.1 Å². The lowest BCUT2D eigenvalue weighted by Crippen LogP contribution is -2.30. The highest BCUT2D eigenvalue weighted by Crippen LogP contribution is 2.30. The van der Waals surface area contributed by atoms with Gasteiger partial charge in [-0.2, -0.15) is 0 Å². The van der Waals surface area contributed by atoms with Crippen molar-refractivity contribution in [3.8, 4) is 11.8 Å². The van der Waals surface area contributed by atoms with Crippen LogP contribution in [0.15, 0.2) is 91.0 Å². The van der Waals surface area contributed by atoms with Crippen LogP contribution in [-0.4, -0.2) is 11.6 Å². The Morgan fingerprint density at radius 1 is 0.688 bits per heavy atom. The molecule has 1 atom stereocenters. The standard InChI is InChI=1S/C30H30O2/c1-2-3-4-5-6-16-23-27(24-17-10-7-11-18-24)28(29(31)25-19-12-8-13-20-25)30(32)26-21-14-9-15-22-26/h7-15,17-22,27-28H,2-6H2,1H3. The van der Waals surface area contributed by atoms with E-state index in [4.69, 9.17) is 0 Å². The van der Waals surface area contributed by atoms with Gasteiger partial charge in [0, 0.05) is 17.5 Å². The van der Waals surface area contributed by atoms with Crippen molar-refractivity contribution >= 4 is 11.6 Å². The number of rotatable bonds is 10. The third kappa shape index (κ3) is 6.28. The summed E-state index contributed by atoms with van der Waals surface area (Å²) in [5.74, 6) is 4.84. The molecule has 0 spiro atoms. The molecule has 0 aliphatic carbocycles. The quantitative estimate of drug-likeness (QED) is 0.151. The first-order valence-corrected chi connectivity index (χ1v) is 11.4. The predicted molar refractivity (Wildman–Crippen MR) is 131 cm³/mol. The second-order valence-electron chi connectivity index (χ2n) is 7.96. The molecule has 3 rings (SSSR count). The molecule has 0 aliphatic heterocycles. The number of hydrogen-bond donors (Lipinski definition) is 0. The van der Waals surface area contributed by atoms with E-state index in [1.165, 1.54) is 12.8 Å². The largest absolute Gasteiger partial charge is 0.293 e. The Kier molecular flexibility index (Phi) is 9.02. The van der Waals surface area contributed by atoms with E-state index in [0.29, 0.717) is 11.1 Å². The maximum Gasteiger partial charge on any atom is 0.175 e. The molecular weight excluding hydrogens is 392 g/mol. The van der Waals surface area contributed by atoms with E-state index in [1.54, 1.807) is 24.3 Å². The molecule has 0 aliphatic rings. The Morgan fingerprint density at radius 3 is 1.69 bits per heavy atom. The molecule has 162 valence electrons. The van der Waals surface area contributed by atoms with Crippen LogP contribution in [0.25, 0.3) is 0 Å². The van der Waals surface area contributed by atoms with Gasteiger partial charge in [-0.1, -0.05) is 123 Å². The second-order valence-corrected chi connectivity index (χ2v) is 7.96. The minimum Gasteiger partial charge on any atom is -0.293 e. The smallest absolute Gasteiger partial charge is 0.175 e. The van der Waals surface area contributed by atoms with Crippen LogP contribution in [-0.2, 0) is 0 Å². The monoisotopic (exact) mass is 422 g/mol. The minimum absolute atomic E-state index is 0.186. The number of benzene rings is 3. The lowest BCUT2D eigenvalue weighted by atomic mass is 9.77. The highest BCUT2D eigenvalue weighted by Gasteiger charge is 2.36. The fraction of sp³-hybridized carbons (Fsp3) is 0.267. The minimum atomic E-state index is -0.898. The van der Waals surface area contributed by atoms with E-state index in [1.807, 2.05) is 66.7 Å². The Labute approximate surface area is 191 Å². The summed E-state index contributed by atoms with van der Waals surface area (Å²) in [5.41, 5.74) is 1.96. The fourth-order valence-electron chi connectivity index (χ4n) is 3.83. The van der Waals surface area contributed by atoms with Gasteiger partial charge < -0.3 is 0 Å². The number of Topliss-reactive ketones (excluding diaryl/α,β-unsaturated/α-hetero) is 2. The molecular formula is C30H30O2. The molecule has 0 fully saturated rings. The third-order valence-corrected chi connectivity index (χ3v) is 5.59. The number of unbranched alkanes of at least 4 members (excludes halogenated alkanes) is 4. The van der Waals surface area contributed by atoms with E-state index >= 15 is 0 Å². The lowest BCUT2D eigenvalue weighted by molar-refractivity contribution is 0.0797. The average molecular weight is 423 g/mol. The van der Waals surface area contributed by atoms with Crippen molar-refractivity contribution < 1.29 is 9.59 Å².